The van der Waals surface area contributed by atoms with Gasteiger partial charge in [-0.25, -0.2) is 9.59 Å². The first-order chi connectivity index (χ1) is 18.4. The molecule has 5 rings (SSSR count). The number of carbonyl (C=O) groups is 2. The van der Waals surface area contributed by atoms with Gasteiger partial charge in [0.2, 0.25) is 11.1 Å². The molecule has 4 bridgehead atoms. The number of hydrogen-bond acceptors (Lipinski definition) is 8. The number of methoxy groups -OCH3 is 2. The second-order valence-electron chi connectivity index (χ2n) is 9.26. The number of fused-ring (bicyclic) bond motifs is 2. The zero-order valence-electron chi connectivity index (χ0n) is 21.6. The van der Waals surface area contributed by atoms with E-state index in [-0.39, 0.29) is 13.2 Å². The number of benzene rings is 2. The van der Waals surface area contributed by atoms with Crippen LogP contribution in [0.4, 0.5) is 9.59 Å². The Kier molecular flexibility index (Phi) is 6.26. The lowest BCUT2D eigenvalue weighted by atomic mass is 9.54. The van der Waals surface area contributed by atoms with Crippen LogP contribution in [0.15, 0.2) is 48.5 Å². The Balaban J connectivity index is 2.05. The van der Waals surface area contributed by atoms with Crippen LogP contribution in [0.3, 0.4) is 0 Å². The predicted molar refractivity (Wildman–Crippen MR) is 132 cm³/mol. The minimum Gasteiger partial charge on any atom is -0.450 e. The van der Waals surface area contributed by atoms with Crippen LogP contribution in [0.1, 0.15) is 47.9 Å². The van der Waals surface area contributed by atoms with Gasteiger partial charge < -0.3 is 18.9 Å². The molecule has 10 heteroatoms. The molecular formula is C28H28N4O6. The van der Waals surface area contributed by atoms with E-state index < -0.39 is 47.6 Å². The minimum atomic E-state index is -2.10. The molecule has 0 saturated carbocycles. The smallest absolute Gasteiger partial charge is 0.413 e. The van der Waals surface area contributed by atoms with Gasteiger partial charge in [0.25, 0.3) is 0 Å². The summed E-state index contributed by atoms with van der Waals surface area (Å²) in [4.78, 5) is 30.0. The van der Waals surface area contributed by atoms with Crippen LogP contribution in [-0.2, 0) is 30.0 Å². The summed E-state index contributed by atoms with van der Waals surface area (Å²) in [5.74, 6) is -1.19. The summed E-state index contributed by atoms with van der Waals surface area (Å²) in [7, 11) is 2.90. The molecule has 3 aliphatic rings. The predicted octanol–water partition coefficient (Wildman–Crippen LogP) is 3.89. The molecule has 0 unspecified atom stereocenters. The summed E-state index contributed by atoms with van der Waals surface area (Å²) in [5.41, 5.74) is -1.92. The average molecular weight is 517 g/mol. The topological polar surface area (TPSA) is 125 Å². The van der Waals surface area contributed by atoms with E-state index in [2.05, 4.69) is 12.1 Å². The normalized spacial score (nSPS) is 30.3. The maximum Gasteiger partial charge on any atom is 0.413 e. The summed E-state index contributed by atoms with van der Waals surface area (Å²) < 4.78 is 22.9. The van der Waals surface area contributed by atoms with E-state index in [1.54, 1.807) is 38.1 Å². The van der Waals surface area contributed by atoms with Gasteiger partial charge in [-0.2, -0.15) is 10.5 Å². The first kappa shape index (κ1) is 25.5. The average Bonchev–Trinajstić information content (AvgIpc) is 2.93. The van der Waals surface area contributed by atoms with E-state index in [1.807, 2.05) is 24.3 Å². The molecule has 0 saturated heterocycles. The molecule has 10 nitrogen and oxygen atoms in total. The van der Waals surface area contributed by atoms with Crippen molar-refractivity contribution in [2.45, 2.75) is 49.2 Å². The summed E-state index contributed by atoms with van der Waals surface area (Å²) in [5, 5.41) is 22.5. The fourth-order valence-electron chi connectivity index (χ4n) is 6.75. The Morgan fingerprint density at radius 2 is 1.13 bits per heavy atom. The lowest BCUT2D eigenvalue weighted by Gasteiger charge is -2.65. The van der Waals surface area contributed by atoms with Crippen LogP contribution in [0.5, 0.6) is 0 Å². The molecule has 2 amide bonds. The van der Waals surface area contributed by atoms with Crippen molar-refractivity contribution >= 4 is 12.2 Å². The van der Waals surface area contributed by atoms with Crippen molar-refractivity contribution in [2.24, 2.45) is 0 Å². The summed E-state index contributed by atoms with van der Waals surface area (Å²) >= 11 is 0. The van der Waals surface area contributed by atoms with E-state index in [4.69, 9.17) is 18.9 Å². The number of carbonyl (C=O) groups excluding carboxylic acids is 2. The van der Waals surface area contributed by atoms with Crippen molar-refractivity contribution in [3.05, 3.63) is 70.8 Å². The molecule has 0 N–H and O–H groups in total. The van der Waals surface area contributed by atoms with Crippen molar-refractivity contribution in [2.75, 3.05) is 27.4 Å². The molecular weight excluding hydrogens is 488 g/mol. The number of nitriles is 2. The fraction of sp³-hybridized carbons (Fsp3) is 0.429. The molecule has 6 atom stereocenters. The highest BCUT2D eigenvalue weighted by Gasteiger charge is 2.76. The SMILES string of the molecule is CCOC(=O)N1[C@@H](OC)[C@H]2c3ccccc3[C@]1(C#N)[C@@]1(C#N)c3ccccc3[C@@H]2[C@H](OC)N1C(=O)OCC. The van der Waals surface area contributed by atoms with Gasteiger partial charge in [-0.05, 0) is 36.1 Å². The highest BCUT2D eigenvalue weighted by Crippen LogP contribution is 2.66. The second-order valence-corrected chi connectivity index (χ2v) is 9.26. The summed E-state index contributed by atoms with van der Waals surface area (Å²) in [6.45, 7) is 3.37. The van der Waals surface area contributed by atoms with Crippen molar-refractivity contribution in [3.63, 3.8) is 0 Å². The van der Waals surface area contributed by atoms with Crippen LogP contribution in [0.2, 0.25) is 0 Å². The van der Waals surface area contributed by atoms with Crippen molar-refractivity contribution in [1.82, 2.24) is 9.80 Å². The third-order valence-electron chi connectivity index (χ3n) is 7.91. The Hall–Kier alpha value is -4.12. The zero-order chi connectivity index (χ0) is 27.2. The molecule has 2 aliphatic heterocycles. The first-order valence-corrected chi connectivity index (χ1v) is 12.4. The van der Waals surface area contributed by atoms with E-state index in [9.17, 15) is 20.1 Å². The Morgan fingerprint density at radius 1 is 0.763 bits per heavy atom. The highest BCUT2D eigenvalue weighted by atomic mass is 16.6. The van der Waals surface area contributed by atoms with Gasteiger partial charge in [-0.1, -0.05) is 48.5 Å². The molecule has 0 aromatic heterocycles. The molecule has 196 valence electrons. The maximum absolute atomic E-state index is 13.8. The Morgan fingerprint density at radius 3 is 1.45 bits per heavy atom. The largest absolute Gasteiger partial charge is 0.450 e. The number of rotatable bonds is 4. The quantitative estimate of drug-likeness (QED) is 0.599. The second kappa shape index (κ2) is 9.32. The van der Waals surface area contributed by atoms with Gasteiger partial charge in [0, 0.05) is 26.1 Å². The van der Waals surface area contributed by atoms with Crippen LogP contribution in [0.25, 0.3) is 0 Å². The monoisotopic (exact) mass is 516 g/mol. The maximum atomic E-state index is 13.8. The molecule has 2 aromatic rings. The number of amides is 2. The number of hydrogen-bond donors (Lipinski definition) is 0. The Bertz CT molecular complexity index is 1260. The van der Waals surface area contributed by atoms with Gasteiger partial charge in [0.05, 0.1) is 13.2 Å². The van der Waals surface area contributed by atoms with Gasteiger partial charge >= 0.3 is 12.2 Å². The van der Waals surface area contributed by atoms with Gasteiger partial charge in [-0.15, -0.1) is 0 Å². The fourth-order valence-corrected chi connectivity index (χ4v) is 6.75. The highest BCUT2D eigenvalue weighted by molar-refractivity contribution is 5.79. The van der Waals surface area contributed by atoms with Crippen molar-refractivity contribution < 1.29 is 28.5 Å². The first-order valence-electron chi connectivity index (χ1n) is 12.4. The molecule has 0 fully saturated rings. The number of ether oxygens (including phenoxy) is 4. The standard InChI is InChI=1S/C28H28N4O6/c1-5-37-25(33)31-23(35-3)21-17-11-7-9-13-19(17)27(31,15-29)28(16-30)20-14-10-8-12-18(20)22(21)24(36-4)32(28)26(34)38-6-2/h7-14,21-24H,5-6H2,1-4H3/t21-,22-,23-,24-,27+,28+/m0/s1. The lowest BCUT2D eigenvalue weighted by Crippen LogP contribution is -2.78. The van der Waals surface area contributed by atoms with E-state index in [0.717, 1.165) is 11.1 Å². The molecule has 1 aliphatic carbocycles. The van der Waals surface area contributed by atoms with E-state index in [1.165, 1.54) is 24.0 Å². The molecule has 0 radical (unpaired) electrons. The number of nitrogens with zero attached hydrogens (tertiary/aromatic N) is 4. The van der Waals surface area contributed by atoms with E-state index in [0.29, 0.717) is 11.1 Å². The van der Waals surface area contributed by atoms with Gasteiger partial charge in [0.15, 0.2) is 0 Å². The minimum absolute atomic E-state index is 0.0292. The van der Waals surface area contributed by atoms with E-state index >= 15 is 0 Å². The molecule has 38 heavy (non-hydrogen) atoms. The van der Waals surface area contributed by atoms with Crippen LogP contribution >= 0.6 is 0 Å². The van der Waals surface area contributed by atoms with Crippen LogP contribution < -0.4 is 0 Å². The lowest BCUT2D eigenvalue weighted by molar-refractivity contribution is -0.197. The van der Waals surface area contributed by atoms with Crippen molar-refractivity contribution in [1.29, 1.82) is 10.5 Å². The molecule has 2 aromatic carbocycles. The van der Waals surface area contributed by atoms with Crippen molar-refractivity contribution in [3.8, 4) is 12.1 Å². The summed E-state index contributed by atoms with van der Waals surface area (Å²) in [6.07, 6.45) is -3.70. The van der Waals surface area contributed by atoms with Crippen LogP contribution in [-0.4, -0.2) is 61.9 Å². The molecule has 0 spiro atoms. The van der Waals surface area contributed by atoms with Gasteiger partial charge in [-0.3, -0.25) is 9.80 Å². The van der Waals surface area contributed by atoms with Crippen LogP contribution in [0, 0.1) is 22.7 Å². The van der Waals surface area contributed by atoms with Gasteiger partial charge in [0.1, 0.15) is 24.6 Å². The zero-order valence-corrected chi connectivity index (χ0v) is 21.6. The third-order valence-corrected chi connectivity index (χ3v) is 7.91. The Labute approximate surface area is 220 Å². The molecule has 2 heterocycles. The third kappa shape index (κ3) is 2.87. The summed E-state index contributed by atoms with van der Waals surface area (Å²) in [6, 6.07) is 19.0.